The number of fused-ring (bicyclic) bond motifs is 5. The molecule has 11 heteroatoms. The zero-order valence-corrected chi connectivity index (χ0v) is 29.9. The Kier molecular flexibility index (Phi) is 9.41. The number of rotatable bonds is 7. The van der Waals surface area contributed by atoms with Crippen LogP contribution in [0.1, 0.15) is 89.6 Å². The molecule has 0 saturated heterocycles. The van der Waals surface area contributed by atoms with Gasteiger partial charge in [0.15, 0.2) is 11.9 Å². The molecule has 51 heavy (non-hydrogen) atoms. The molecule has 4 aliphatic rings. The first-order valence-electron chi connectivity index (χ1n) is 17.5. The van der Waals surface area contributed by atoms with Crippen molar-refractivity contribution in [3.8, 4) is 0 Å². The summed E-state index contributed by atoms with van der Waals surface area (Å²) in [4.78, 5) is 68.7. The van der Waals surface area contributed by atoms with Crippen molar-refractivity contribution >= 4 is 29.8 Å². The number of allylic oxidation sites excluding steroid dienone is 1. The molecule has 0 spiro atoms. The van der Waals surface area contributed by atoms with Gasteiger partial charge in [-0.05, 0) is 69.2 Å². The van der Waals surface area contributed by atoms with E-state index >= 15 is 4.79 Å². The van der Waals surface area contributed by atoms with Gasteiger partial charge in [-0.2, -0.15) is 0 Å². The van der Waals surface area contributed by atoms with E-state index in [1.807, 2.05) is 13.0 Å². The summed E-state index contributed by atoms with van der Waals surface area (Å²) in [6.07, 6.45) is -3.83. The molecular weight excluding hydrogens is 656 g/mol. The smallest absolute Gasteiger partial charge is 0.458 e. The number of aliphatic hydroxyl groups is 1. The van der Waals surface area contributed by atoms with Gasteiger partial charge in [-0.1, -0.05) is 68.0 Å². The Bertz CT molecular complexity index is 1750. The van der Waals surface area contributed by atoms with Crippen LogP contribution in [0, 0.1) is 22.7 Å². The molecular formula is C40H46O11. The van der Waals surface area contributed by atoms with Crippen LogP contribution in [0.3, 0.4) is 0 Å². The third kappa shape index (κ3) is 5.93. The maximum absolute atomic E-state index is 15.5. The van der Waals surface area contributed by atoms with E-state index in [2.05, 4.69) is 0 Å². The lowest BCUT2D eigenvalue weighted by Gasteiger charge is -2.68. The summed E-state index contributed by atoms with van der Waals surface area (Å²) in [6.45, 7) is 9.27. The third-order valence-electron chi connectivity index (χ3n) is 12.1. The number of hydrogen-bond acceptors (Lipinski definition) is 11. The second kappa shape index (κ2) is 13.2. The van der Waals surface area contributed by atoms with E-state index in [0.717, 1.165) is 11.1 Å². The molecule has 2 bridgehead atoms. The van der Waals surface area contributed by atoms with E-state index in [0.29, 0.717) is 24.8 Å². The van der Waals surface area contributed by atoms with Gasteiger partial charge >= 0.3 is 24.1 Å². The number of hydrogen-bond donors (Lipinski definition) is 1. The lowest BCUT2D eigenvalue weighted by Crippen LogP contribution is -2.78. The molecule has 4 aliphatic carbocycles. The number of Topliss-reactive ketones (excluding diaryl/α,β-unsaturated/α-hetero) is 1. The molecule has 2 aromatic rings. The Labute approximate surface area is 297 Å². The van der Waals surface area contributed by atoms with E-state index < -0.39 is 82.0 Å². The summed E-state index contributed by atoms with van der Waals surface area (Å²) in [5, 5.41) is 13.2. The number of carbonyl (C=O) groups excluding carboxylic acids is 5. The van der Waals surface area contributed by atoms with Gasteiger partial charge in [0.2, 0.25) is 0 Å². The summed E-state index contributed by atoms with van der Waals surface area (Å²) in [7, 11) is 0. The third-order valence-corrected chi connectivity index (χ3v) is 12.1. The van der Waals surface area contributed by atoms with Gasteiger partial charge in [-0.25, -0.2) is 9.59 Å². The average molecular weight is 703 g/mol. The highest BCUT2D eigenvalue weighted by atomic mass is 16.7. The molecule has 0 radical (unpaired) electrons. The van der Waals surface area contributed by atoms with E-state index in [1.54, 1.807) is 75.4 Å². The Hall–Kier alpha value is -4.51. The van der Waals surface area contributed by atoms with Crippen LogP contribution in [-0.4, -0.2) is 64.5 Å². The van der Waals surface area contributed by atoms with E-state index in [-0.39, 0.29) is 25.0 Å². The van der Waals surface area contributed by atoms with Gasteiger partial charge in [-0.3, -0.25) is 14.4 Å². The van der Waals surface area contributed by atoms with Crippen molar-refractivity contribution < 1.29 is 52.8 Å². The van der Waals surface area contributed by atoms with Gasteiger partial charge in [0, 0.05) is 25.2 Å². The van der Waals surface area contributed by atoms with Crippen molar-refractivity contribution in [1.29, 1.82) is 0 Å². The second-order valence-corrected chi connectivity index (χ2v) is 15.2. The standard InChI is InChI=1S/C40H46O11/c1-23-17-20-40(46)34(50-35(44)27-15-11-8-12-16-27)32-38(6,33(43)31(48-24(2)41)30(23)37(40,4)5)29(21-28-18-19-39(28,32)51-25(3)42)49-36(45)47-22-26-13-9-7-10-14-26/h7-16,28-29,31-32,34,46H,17-22H2,1-6H3/t28-,29+,31-,32?,34+,38-,39+,40?/m1/s1. The van der Waals surface area contributed by atoms with Gasteiger partial charge in [0.1, 0.15) is 30.0 Å². The molecule has 0 aliphatic heterocycles. The maximum Gasteiger partial charge on any atom is 0.508 e. The monoisotopic (exact) mass is 702 g/mol. The summed E-state index contributed by atoms with van der Waals surface area (Å²) >= 11 is 0. The number of ketones is 1. The first-order chi connectivity index (χ1) is 24.1. The molecule has 3 saturated carbocycles. The molecule has 2 aromatic carbocycles. The summed E-state index contributed by atoms with van der Waals surface area (Å²) in [6, 6.07) is 17.3. The van der Waals surface area contributed by atoms with E-state index in [9.17, 15) is 24.3 Å². The SMILES string of the molecule is CC(=O)O[C@H]1C(=O)[C@@]2(C)C([C@H](OC(=O)c3ccccc3)C3(O)CCC(C)=C1C3(C)C)[C@]1(OC(C)=O)CC[C@@H]1C[C@@H]2OC(=O)OCc1ccccc1. The Balaban J connectivity index is 1.56. The zero-order chi connectivity index (χ0) is 36.9. The molecule has 11 nitrogen and oxygen atoms in total. The van der Waals surface area contributed by atoms with Crippen molar-refractivity contribution in [2.24, 2.45) is 22.7 Å². The Morgan fingerprint density at radius 1 is 0.863 bits per heavy atom. The van der Waals surface area contributed by atoms with Crippen LogP contribution in [0.2, 0.25) is 0 Å². The zero-order valence-electron chi connectivity index (χ0n) is 29.9. The Morgan fingerprint density at radius 3 is 2.10 bits per heavy atom. The van der Waals surface area contributed by atoms with Crippen LogP contribution in [0.15, 0.2) is 71.8 Å². The van der Waals surface area contributed by atoms with Gasteiger partial charge in [0.25, 0.3) is 0 Å². The van der Waals surface area contributed by atoms with Crippen LogP contribution >= 0.6 is 0 Å². The van der Waals surface area contributed by atoms with Crippen molar-refractivity contribution in [2.45, 2.75) is 110 Å². The van der Waals surface area contributed by atoms with Gasteiger partial charge in [-0.15, -0.1) is 0 Å². The molecule has 0 aromatic heterocycles. The minimum atomic E-state index is -1.87. The fourth-order valence-corrected chi connectivity index (χ4v) is 9.49. The second-order valence-electron chi connectivity index (χ2n) is 15.2. The number of esters is 3. The summed E-state index contributed by atoms with van der Waals surface area (Å²) < 4.78 is 30.2. The van der Waals surface area contributed by atoms with E-state index in [4.69, 9.17) is 23.7 Å². The predicted octanol–water partition coefficient (Wildman–Crippen LogP) is 6.05. The number of benzene rings is 2. The van der Waals surface area contributed by atoms with Crippen molar-refractivity contribution in [3.63, 3.8) is 0 Å². The lowest BCUT2D eigenvalue weighted by atomic mass is 9.41. The Morgan fingerprint density at radius 2 is 1.51 bits per heavy atom. The lowest BCUT2D eigenvalue weighted by molar-refractivity contribution is -0.294. The topological polar surface area (TPSA) is 152 Å². The molecule has 6 rings (SSSR count). The highest BCUT2D eigenvalue weighted by Crippen LogP contribution is 2.67. The van der Waals surface area contributed by atoms with Crippen LogP contribution < -0.4 is 0 Å². The van der Waals surface area contributed by atoms with Crippen molar-refractivity contribution in [1.82, 2.24) is 0 Å². The molecule has 2 unspecified atom stereocenters. The van der Waals surface area contributed by atoms with E-state index in [1.165, 1.54) is 13.8 Å². The van der Waals surface area contributed by atoms with Crippen molar-refractivity contribution in [3.05, 3.63) is 82.9 Å². The highest BCUT2D eigenvalue weighted by molar-refractivity contribution is 5.95. The molecule has 0 amide bonds. The normalized spacial score (nSPS) is 33.5. The molecule has 1 N–H and O–H groups in total. The summed E-state index contributed by atoms with van der Waals surface area (Å²) in [5.74, 6) is -4.38. The average Bonchev–Trinajstić information content (AvgIpc) is 3.08. The molecule has 272 valence electrons. The number of ether oxygens (including phenoxy) is 5. The van der Waals surface area contributed by atoms with Crippen LogP contribution in [0.4, 0.5) is 4.79 Å². The van der Waals surface area contributed by atoms with Crippen molar-refractivity contribution in [2.75, 3.05) is 0 Å². The minimum absolute atomic E-state index is 0.0886. The van der Waals surface area contributed by atoms with Gasteiger partial charge in [0.05, 0.1) is 16.9 Å². The van der Waals surface area contributed by atoms with Crippen LogP contribution in [-0.2, 0) is 44.7 Å². The number of carbonyl (C=O) groups is 5. The summed E-state index contributed by atoms with van der Waals surface area (Å²) in [5.41, 5.74) is -4.34. The largest absolute Gasteiger partial charge is 0.508 e. The minimum Gasteiger partial charge on any atom is -0.458 e. The molecule has 3 fully saturated rings. The predicted molar refractivity (Wildman–Crippen MR) is 182 cm³/mol. The fourth-order valence-electron chi connectivity index (χ4n) is 9.49. The first kappa shape index (κ1) is 36.3. The maximum atomic E-state index is 15.5. The quantitative estimate of drug-likeness (QED) is 0.204. The molecule has 8 atom stereocenters. The van der Waals surface area contributed by atoms with Gasteiger partial charge < -0.3 is 28.8 Å². The fraction of sp³-hybridized carbons (Fsp3) is 0.525. The van der Waals surface area contributed by atoms with Crippen LogP contribution in [0.25, 0.3) is 0 Å². The highest BCUT2D eigenvalue weighted by Gasteiger charge is 2.77. The van der Waals surface area contributed by atoms with Crippen LogP contribution in [0.5, 0.6) is 0 Å². The molecule has 0 heterocycles. The first-order valence-corrected chi connectivity index (χ1v) is 17.5.